The fourth-order valence-corrected chi connectivity index (χ4v) is 5.55. The zero-order valence-corrected chi connectivity index (χ0v) is 21.2. The van der Waals surface area contributed by atoms with Crippen molar-refractivity contribution in [2.45, 2.75) is 58.8 Å². The van der Waals surface area contributed by atoms with Crippen LogP contribution in [0.5, 0.6) is 0 Å². The minimum atomic E-state index is -0.916. The Kier molecular flexibility index (Phi) is 6.49. The molecule has 0 aliphatic carbocycles. The molecule has 2 aliphatic heterocycles. The summed E-state index contributed by atoms with van der Waals surface area (Å²) in [5.41, 5.74) is 7.78. The Bertz CT molecular complexity index is 1300. The highest BCUT2D eigenvalue weighted by Gasteiger charge is 2.33. The number of carboxylic acids is 1. The molecule has 1 aromatic heterocycles. The molecule has 1 fully saturated rings. The molecule has 3 heterocycles. The Morgan fingerprint density at radius 2 is 1.86 bits per heavy atom. The number of hydrogen-bond acceptors (Lipinski definition) is 6. The van der Waals surface area contributed by atoms with Gasteiger partial charge in [-0.2, -0.15) is 0 Å². The number of carbonyl (C=O) groups is 1. The summed E-state index contributed by atoms with van der Waals surface area (Å²) in [7, 11) is 0. The second-order valence-electron chi connectivity index (χ2n) is 10.1. The molecule has 3 aromatic rings. The second kappa shape index (κ2) is 9.74. The maximum absolute atomic E-state index is 11.4. The van der Waals surface area contributed by atoms with Crippen molar-refractivity contribution < 1.29 is 9.90 Å². The number of nitrogens with one attached hydrogen (secondary N) is 1. The Morgan fingerprint density at radius 3 is 2.58 bits per heavy atom. The molecule has 5 rings (SSSR count). The van der Waals surface area contributed by atoms with E-state index in [9.17, 15) is 9.90 Å². The van der Waals surface area contributed by atoms with Crippen LogP contribution in [0, 0.1) is 13.8 Å². The number of fused-ring (bicyclic) bond motifs is 1. The molecule has 2 N–H and O–H groups in total. The van der Waals surface area contributed by atoms with Crippen LogP contribution in [-0.2, 0) is 13.1 Å². The van der Waals surface area contributed by atoms with Crippen molar-refractivity contribution in [1.82, 2.24) is 19.8 Å². The minimum absolute atomic E-state index is 0.290. The standard InChI is InChI=1S/C29H33N5O2/c1-18-10-19(2)12-25(11-18)31-29-30-15-24-16-33(17-27(24)32-29)26-8-9-34(20(3)13-26)21(4)22-6-5-7-23(14-22)28(35)36/h5-7,10-12,14-15,20,26H,4,8-9,13,16-17H2,1-3H3,(H,35,36)(H,30,31,32)/t20-,26-/m1/s1. The van der Waals surface area contributed by atoms with Crippen LogP contribution in [0.15, 0.2) is 55.2 Å². The zero-order chi connectivity index (χ0) is 25.4. The van der Waals surface area contributed by atoms with Gasteiger partial charge in [0, 0.05) is 54.9 Å². The number of carboxylic acid groups (broad SMARTS) is 1. The Hall–Kier alpha value is -3.71. The number of nitrogens with zero attached hydrogens (tertiary/aromatic N) is 4. The van der Waals surface area contributed by atoms with Crippen molar-refractivity contribution in [3.8, 4) is 0 Å². The molecule has 0 unspecified atom stereocenters. The summed E-state index contributed by atoms with van der Waals surface area (Å²) in [5, 5.41) is 12.7. The zero-order valence-electron chi connectivity index (χ0n) is 21.2. The number of rotatable bonds is 6. The van der Waals surface area contributed by atoms with E-state index in [1.54, 1.807) is 18.2 Å². The lowest BCUT2D eigenvalue weighted by Gasteiger charge is -2.43. The molecule has 7 nitrogen and oxygen atoms in total. The van der Waals surface area contributed by atoms with Gasteiger partial charge in [-0.25, -0.2) is 14.8 Å². The van der Waals surface area contributed by atoms with Crippen LogP contribution in [0.3, 0.4) is 0 Å². The first-order chi connectivity index (χ1) is 17.3. The number of benzene rings is 2. The van der Waals surface area contributed by atoms with Crippen LogP contribution in [0.2, 0.25) is 0 Å². The van der Waals surface area contributed by atoms with Gasteiger partial charge in [-0.15, -0.1) is 0 Å². The first-order valence-electron chi connectivity index (χ1n) is 12.5. The fourth-order valence-electron chi connectivity index (χ4n) is 5.55. The molecule has 186 valence electrons. The van der Waals surface area contributed by atoms with Gasteiger partial charge in [0.1, 0.15) is 0 Å². The molecule has 7 heteroatoms. The molecule has 0 saturated carbocycles. The van der Waals surface area contributed by atoms with Crippen LogP contribution >= 0.6 is 0 Å². The molecule has 2 aromatic carbocycles. The molecular weight excluding hydrogens is 450 g/mol. The monoisotopic (exact) mass is 483 g/mol. The van der Waals surface area contributed by atoms with Crippen molar-refractivity contribution in [2.75, 3.05) is 11.9 Å². The fraction of sp³-hybridized carbons (Fsp3) is 0.345. The lowest BCUT2D eigenvalue weighted by atomic mass is 9.95. The van der Waals surface area contributed by atoms with Crippen molar-refractivity contribution in [1.29, 1.82) is 0 Å². The summed E-state index contributed by atoms with van der Waals surface area (Å²) in [6.07, 6.45) is 4.01. The highest BCUT2D eigenvalue weighted by molar-refractivity contribution is 5.88. The molecule has 0 spiro atoms. The number of likely N-dealkylation sites (tertiary alicyclic amines) is 1. The molecular formula is C29H33N5O2. The predicted molar refractivity (Wildman–Crippen MR) is 142 cm³/mol. The Balaban J connectivity index is 1.22. The lowest BCUT2D eigenvalue weighted by Crippen LogP contribution is -2.46. The van der Waals surface area contributed by atoms with Crippen molar-refractivity contribution >= 4 is 23.3 Å². The number of aryl methyl sites for hydroxylation is 2. The van der Waals surface area contributed by atoms with Gasteiger partial charge in [0.2, 0.25) is 5.95 Å². The van der Waals surface area contributed by atoms with Crippen LogP contribution < -0.4 is 5.32 Å². The predicted octanol–water partition coefficient (Wildman–Crippen LogP) is 5.37. The van der Waals surface area contributed by atoms with Crippen LogP contribution in [0.4, 0.5) is 11.6 Å². The van der Waals surface area contributed by atoms with E-state index in [-0.39, 0.29) is 0 Å². The first kappa shape index (κ1) is 24.0. The van der Waals surface area contributed by atoms with Gasteiger partial charge in [-0.05, 0) is 74.6 Å². The topological polar surface area (TPSA) is 81.6 Å². The van der Waals surface area contributed by atoms with E-state index in [1.807, 2.05) is 12.3 Å². The summed E-state index contributed by atoms with van der Waals surface area (Å²) in [4.78, 5) is 25.6. The minimum Gasteiger partial charge on any atom is -0.478 e. The van der Waals surface area contributed by atoms with Crippen molar-refractivity contribution in [2.24, 2.45) is 0 Å². The summed E-state index contributed by atoms with van der Waals surface area (Å²) in [5.74, 6) is -0.274. The molecule has 0 radical (unpaired) electrons. The third kappa shape index (κ3) is 4.97. The molecule has 36 heavy (non-hydrogen) atoms. The van der Waals surface area contributed by atoms with Gasteiger partial charge in [0.15, 0.2) is 0 Å². The van der Waals surface area contributed by atoms with Gasteiger partial charge in [0.05, 0.1) is 11.3 Å². The van der Waals surface area contributed by atoms with Gasteiger partial charge < -0.3 is 15.3 Å². The van der Waals surface area contributed by atoms with Gasteiger partial charge >= 0.3 is 5.97 Å². The number of piperidine rings is 1. The third-order valence-corrected chi connectivity index (χ3v) is 7.31. The lowest BCUT2D eigenvalue weighted by molar-refractivity contribution is 0.0697. The SMILES string of the molecule is C=C(c1cccc(C(=O)O)c1)N1CC[C@@H](N2Cc3cnc(Nc4cc(C)cc(C)c4)nc3C2)C[C@H]1C. The van der Waals surface area contributed by atoms with E-state index in [0.717, 1.165) is 55.1 Å². The smallest absolute Gasteiger partial charge is 0.335 e. The summed E-state index contributed by atoms with van der Waals surface area (Å²) >= 11 is 0. The number of aromatic carboxylic acids is 1. The molecule has 1 saturated heterocycles. The third-order valence-electron chi connectivity index (χ3n) is 7.31. The number of hydrogen-bond donors (Lipinski definition) is 2. The highest BCUT2D eigenvalue weighted by atomic mass is 16.4. The normalized spacial score (nSPS) is 19.7. The Morgan fingerprint density at radius 1 is 1.11 bits per heavy atom. The van der Waals surface area contributed by atoms with Crippen LogP contribution in [0.1, 0.15) is 58.1 Å². The van der Waals surface area contributed by atoms with E-state index >= 15 is 0 Å². The maximum atomic E-state index is 11.4. The molecule has 0 bridgehead atoms. The summed E-state index contributed by atoms with van der Waals surface area (Å²) in [6, 6.07) is 14.2. The molecule has 2 atom stereocenters. The quantitative estimate of drug-likeness (QED) is 0.487. The Labute approximate surface area is 212 Å². The van der Waals surface area contributed by atoms with E-state index in [1.165, 1.54) is 16.7 Å². The average molecular weight is 484 g/mol. The maximum Gasteiger partial charge on any atom is 0.335 e. The van der Waals surface area contributed by atoms with E-state index < -0.39 is 5.97 Å². The van der Waals surface area contributed by atoms with E-state index in [2.05, 4.69) is 65.6 Å². The van der Waals surface area contributed by atoms with E-state index in [0.29, 0.717) is 23.6 Å². The van der Waals surface area contributed by atoms with Crippen molar-refractivity contribution in [3.05, 3.63) is 88.8 Å². The number of aromatic nitrogens is 2. The van der Waals surface area contributed by atoms with Crippen LogP contribution in [0.25, 0.3) is 5.70 Å². The summed E-state index contributed by atoms with van der Waals surface area (Å²) in [6.45, 7) is 13.3. The van der Waals surface area contributed by atoms with Gasteiger partial charge in [-0.3, -0.25) is 4.90 Å². The highest BCUT2D eigenvalue weighted by Crippen LogP contribution is 2.33. The van der Waals surface area contributed by atoms with Gasteiger partial charge in [0.25, 0.3) is 0 Å². The number of anilines is 2. The van der Waals surface area contributed by atoms with E-state index in [4.69, 9.17) is 4.98 Å². The average Bonchev–Trinajstić information content (AvgIpc) is 3.26. The molecule has 2 aliphatic rings. The van der Waals surface area contributed by atoms with Crippen LogP contribution in [-0.4, -0.2) is 49.5 Å². The molecule has 0 amide bonds. The van der Waals surface area contributed by atoms with Crippen molar-refractivity contribution in [3.63, 3.8) is 0 Å². The first-order valence-corrected chi connectivity index (χ1v) is 12.5. The summed E-state index contributed by atoms with van der Waals surface area (Å²) < 4.78 is 0. The van der Waals surface area contributed by atoms with Gasteiger partial charge in [-0.1, -0.05) is 24.8 Å². The largest absolute Gasteiger partial charge is 0.478 e. The second-order valence-corrected chi connectivity index (χ2v) is 10.1.